The molecular weight excluding hydrogens is 140 g/mol. The second-order valence-corrected chi connectivity index (χ2v) is 3.52. The molecule has 0 aromatic heterocycles. The van der Waals surface area contributed by atoms with Crippen LogP contribution in [0.4, 0.5) is 0 Å². The molecular formula is C8H16N2O. The normalized spacial score (nSPS) is 25.4. The lowest BCUT2D eigenvalue weighted by atomic mass is 10.0. The topological polar surface area (TPSA) is 41.1 Å². The van der Waals surface area contributed by atoms with E-state index in [0.717, 1.165) is 13.0 Å². The van der Waals surface area contributed by atoms with Crippen LogP contribution in [0.1, 0.15) is 20.3 Å². The van der Waals surface area contributed by atoms with Crippen molar-refractivity contribution in [3.8, 4) is 0 Å². The molecule has 0 unspecified atom stereocenters. The van der Waals surface area contributed by atoms with Gasteiger partial charge in [0.05, 0.1) is 6.54 Å². The average molecular weight is 156 g/mol. The van der Waals surface area contributed by atoms with E-state index in [1.165, 1.54) is 0 Å². The highest BCUT2D eigenvalue weighted by molar-refractivity contribution is 5.79. The van der Waals surface area contributed by atoms with Crippen LogP contribution in [-0.2, 0) is 4.79 Å². The lowest BCUT2D eigenvalue weighted by molar-refractivity contribution is -0.122. The van der Waals surface area contributed by atoms with Crippen LogP contribution >= 0.6 is 0 Å². The minimum absolute atomic E-state index is 0.127. The van der Waals surface area contributed by atoms with Crippen molar-refractivity contribution >= 4 is 5.91 Å². The molecule has 0 spiro atoms. The van der Waals surface area contributed by atoms with Crippen molar-refractivity contribution in [1.29, 1.82) is 0 Å². The van der Waals surface area contributed by atoms with Gasteiger partial charge >= 0.3 is 0 Å². The highest BCUT2D eigenvalue weighted by Gasteiger charge is 2.17. The maximum absolute atomic E-state index is 10.9. The van der Waals surface area contributed by atoms with Crippen molar-refractivity contribution in [1.82, 2.24) is 10.6 Å². The lowest BCUT2D eigenvalue weighted by Gasteiger charge is -2.25. The predicted octanol–water partition coefficient (Wildman–Crippen LogP) is 0.120. The molecule has 0 aromatic carbocycles. The van der Waals surface area contributed by atoms with Gasteiger partial charge in [-0.15, -0.1) is 0 Å². The molecule has 0 bridgehead atoms. The standard InChI is InChI=1S/C8H16N2O/c1-6(2)3-7-4-9-5-8(11)10-7/h6-7,9H,3-5H2,1-2H3,(H,10,11)/t7-/m1/s1. The van der Waals surface area contributed by atoms with Gasteiger partial charge in [0.25, 0.3) is 0 Å². The van der Waals surface area contributed by atoms with E-state index < -0.39 is 0 Å². The highest BCUT2D eigenvalue weighted by Crippen LogP contribution is 2.04. The Balaban J connectivity index is 2.28. The molecule has 1 aliphatic heterocycles. The van der Waals surface area contributed by atoms with Gasteiger partial charge in [0.1, 0.15) is 0 Å². The average Bonchev–Trinajstić information content (AvgIpc) is 1.85. The molecule has 3 nitrogen and oxygen atoms in total. The van der Waals surface area contributed by atoms with Crippen molar-refractivity contribution in [2.24, 2.45) is 5.92 Å². The van der Waals surface area contributed by atoms with Gasteiger partial charge < -0.3 is 10.6 Å². The molecule has 0 saturated carbocycles. The molecule has 3 heteroatoms. The van der Waals surface area contributed by atoms with Crippen LogP contribution in [0.2, 0.25) is 0 Å². The van der Waals surface area contributed by atoms with Crippen LogP contribution in [-0.4, -0.2) is 25.0 Å². The Morgan fingerprint density at radius 3 is 2.91 bits per heavy atom. The van der Waals surface area contributed by atoms with Crippen LogP contribution in [0.5, 0.6) is 0 Å². The summed E-state index contributed by atoms with van der Waals surface area (Å²) < 4.78 is 0. The zero-order chi connectivity index (χ0) is 8.27. The Kier molecular flexibility index (Phi) is 2.88. The SMILES string of the molecule is CC(C)C[C@@H]1CNCC(=O)N1. The molecule has 1 aliphatic rings. The van der Waals surface area contributed by atoms with E-state index in [2.05, 4.69) is 24.5 Å². The van der Waals surface area contributed by atoms with Crippen LogP contribution in [0.25, 0.3) is 0 Å². The zero-order valence-electron chi connectivity index (χ0n) is 7.18. The second-order valence-electron chi connectivity index (χ2n) is 3.52. The van der Waals surface area contributed by atoms with Crippen molar-refractivity contribution < 1.29 is 4.79 Å². The van der Waals surface area contributed by atoms with Crippen molar-refractivity contribution in [3.63, 3.8) is 0 Å². The molecule has 1 fully saturated rings. The Bertz CT molecular complexity index is 145. The van der Waals surface area contributed by atoms with E-state index >= 15 is 0 Å². The number of hydrogen-bond donors (Lipinski definition) is 2. The molecule has 1 heterocycles. The third-order valence-corrected chi connectivity index (χ3v) is 1.80. The fourth-order valence-corrected chi connectivity index (χ4v) is 1.40. The second kappa shape index (κ2) is 3.72. The molecule has 2 N–H and O–H groups in total. The third-order valence-electron chi connectivity index (χ3n) is 1.80. The monoisotopic (exact) mass is 156 g/mol. The number of carbonyl (C=O) groups excluding carboxylic acids is 1. The summed E-state index contributed by atoms with van der Waals surface area (Å²) >= 11 is 0. The molecule has 1 atom stereocenters. The first-order chi connectivity index (χ1) is 5.18. The summed E-state index contributed by atoms with van der Waals surface area (Å²) in [4.78, 5) is 10.9. The summed E-state index contributed by atoms with van der Waals surface area (Å²) in [5.41, 5.74) is 0. The number of piperazine rings is 1. The number of amides is 1. The van der Waals surface area contributed by atoms with Gasteiger partial charge in [-0.2, -0.15) is 0 Å². The van der Waals surface area contributed by atoms with Gasteiger partial charge in [-0.1, -0.05) is 13.8 Å². The predicted molar refractivity (Wildman–Crippen MR) is 44.3 cm³/mol. The van der Waals surface area contributed by atoms with Crippen molar-refractivity contribution in [3.05, 3.63) is 0 Å². The number of nitrogens with one attached hydrogen (secondary N) is 2. The van der Waals surface area contributed by atoms with Crippen LogP contribution in [0.15, 0.2) is 0 Å². The van der Waals surface area contributed by atoms with Crippen molar-refractivity contribution in [2.45, 2.75) is 26.3 Å². The van der Waals surface area contributed by atoms with Crippen molar-refractivity contribution in [2.75, 3.05) is 13.1 Å². The van der Waals surface area contributed by atoms with E-state index in [1.54, 1.807) is 0 Å². The number of carbonyl (C=O) groups is 1. The minimum atomic E-state index is 0.127. The Hall–Kier alpha value is -0.570. The van der Waals surface area contributed by atoms with Gasteiger partial charge in [-0.25, -0.2) is 0 Å². The lowest BCUT2D eigenvalue weighted by Crippen LogP contribution is -2.52. The maximum atomic E-state index is 10.9. The highest BCUT2D eigenvalue weighted by atomic mass is 16.2. The smallest absolute Gasteiger partial charge is 0.234 e. The Morgan fingerprint density at radius 1 is 1.64 bits per heavy atom. The molecule has 11 heavy (non-hydrogen) atoms. The molecule has 0 aliphatic carbocycles. The minimum Gasteiger partial charge on any atom is -0.351 e. The molecule has 0 aromatic rings. The van der Waals surface area contributed by atoms with Crippen LogP contribution < -0.4 is 10.6 Å². The quantitative estimate of drug-likeness (QED) is 0.596. The van der Waals surface area contributed by atoms with E-state index in [4.69, 9.17) is 0 Å². The number of hydrogen-bond acceptors (Lipinski definition) is 2. The largest absolute Gasteiger partial charge is 0.351 e. The van der Waals surface area contributed by atoms with E-state index in [-0.39, 0.29) is 5.91 Å². The van der Waals surface area contributed by atoms with Crippen LogP contribution in [0, 0.1) is 5.92 Å². The maximum Gasteiger partial charge on any atom is 0.234 e. The fourth-order valence-electron chi connectivity index (χ4n) is 1.40. The molecule has 0 radical (unpaired) electrons. The van der Waals surface area contributed by atoms with E-state index in [0.29, 0.717) is 18.5 Å². The summed E-state index contributed by atoms with van der Waals surface area (Å²) in [5.74, 6) is 0.780. The molecule has 64 valence electrons. The zero-order valence-corrected chi connectivity index (χ0v) is 7.18. The Morgan fingerprint density at radius 2 is 2.36 bits per heavy atom. The molecule has 1 amide bonds. The summed E-state index contributed by atoms with van der Waals surface area (Å²) in [5, 5.41) is 6.02. The van der Waals surface area contributed by atoms with E-state index in [1.807, 2.05) is 0 Å². The first-order valence-electron chi connectivity index (χ1n) is 4.18. The van der Waals surface area contributed by atoms with Gasteiger partial charge in [0, 0.05) is 12.6 Å². The summed E-state index contributed by atoms with van der Waals surface area (Å²) in [6.45, 7) is 5.74. The molecule has 1 saturated heterocycles. The van der Waals surface area contributed by atoms with E-state index in [9.17, 15) is 4.79 Å². The summed E-state index contributed by atoms with van der Waals surface area (Å²) in [6, 6.07) is 0.344. The fraction of sp³-hybridized carbons (Fsp3) is 0.875. The summed E-state index contributed by atoms with van der Waals surface area (Å²) in [7, 11) is 0. The first kappa shape index (κ1) is 8.53. The number of rotatable bonds is 2. The van der Waals surface area contributed by atoms with Gasteiger partial charge in [-0.3, -0.25) is 4.79 Å². The third kappa shape index (κ3) is 2.89. The van der Waals surface area contributed by atoms with Crippen LogP contribution in [0.3, 0.4) is 0 Å². The van der Waals surface area contributed by atoms with Gasteiger partial charge in [0.15, 0.2) is 0 Å². The van der Waals surface area contributed by atoms with Gasteiger partial charge in [-0.05, 0) is 12.3 Å². The first-order valence-corrected chi connectivity index (χ1v) is 4.18. The van der Waals surface area contributed by atoms with Gasteiger partial charge in [0.2, 0.25) is 5.91 Å². The summed E-state index contributed by atoms with van der Waals surface area (Å²) in [6.07, 6.45) is 1.07. The molecule has 1 rings (SSSR count). The Labute approximate surface area is 67.5 Å².